The van der Waals surface area contributed by atoms with Crippen molar-refractivity contribution in [1.29, 1.82) is 0 Å². The molecule has 0 aliphatic carbocycles. The lowest BCUT2D eigenvalue weighted by molar-refractivity contribution is 0.101. The van der Waals surface area contributed by atoms with Gasteiger partial charge < -0.3 is 5.32 Å². The van der Waals surface area contributed by atoms with Crippen LogP contribution in [0.4, 0.5) is 17.2 Å². The lowest BCUT2D eigenvalue weighted by atomic mass is 10.1. The van der Waals surface area contributed by atoms with Crippen LogP contribution in [0.2, 0.25) is 0 Å². The van der Waals surface area contributed by atoms with Crippen LogP contribution in [-0.4, -0.2) is 24.9 Å². The molecule has 1 heterocycles. The summed E-state index contributed by atoms with van der Waals surface area (Å²) in [5, 5.41) is 3.13. The highest BCUT2D eigenvalue weighted by molar-refractivity contribution is 7.92. The van der Waals surface area contributed by atoms with E-state index in [0.29, 0.717) is 12.0 Å². The van der Waals surface area contributed by atoms with Gasteiger partial charge in [-0.25, -0.2) is 13.4 Å². The SMILES string of the molecule is CCCS(=O)(=O)Nc1ccc(Nc2ccc(C(C)=O)cc2)cn1. The third kappa shape index (κ3) is 5.07. The van der Waals surface area contributed by atoms with Crippen molar-refractivity contribution in [1.82, 2.24) is 4.98 Å². The average molecular weight is 333 g/mol. The Balaban J connectivity index is 2.03. The predicted molar refractivity (Wildman–Crippen MR) is 91.7 cm³/mol. The molecule has 7 heteroatoms. The molecule has 0 radical (unpaired) electrons. The van der Waals surface area contributed by atoms with E-state index >= 15 is 0 Å². The normalized spacial score (nSPS) is 11.0. The minimum absolute atomic E-state index is 0.0157. The number of pyridine rings is 1. The second-order valence-corrected chi connectivity index (χ2v) is 6.95. The van der Waals surface area contributed by atoms with E-state index in [2.05, 4.69) is 15.0 Å². The molecule has 6 nitrogen and oxygen atoms in total. The van der Waals surface area contributed by atoms with Crippen molar-refractivity contribution in [2.24, 2.45) is 0 Å². The van der Waals surface area contributed by atoms with Gasteiger partial charge in [0.1, 0.15) is 5.82 Å². The molecule has 0 spiro atoms. The Morgan fingerprint density at radius 1 is 1.09 bits per heavy atom. The number of nitrogens with zero attached hydrogens (tertiary/aromatic N) is 1. The highest BCUT2D eigenvalue weighted by atomic mass is 32.2. The average Bonchev–Trinajstić information content (AvgIpc) is 2.49. The highest BCUT2D eigenvalue weighted by Gasteiger charge is 2.09. The van der Waals surface area contributed by atoms with E-state index in [4.69, 9.17) is 0 Å². The van der Waals surface area contributed by atoms with E-state index in [1.165, 1.54) is 6.92 Å². The summed E-state index contributed by atoms with van der Waals surface area (Å²) < 4.78 is 25.8. The maximum atomic E-state index is 11.7. The molecule has 0 unspecified atom stereocenters. The van der Waals surface area contributed by atoms with Gasteiger partial charge >= 0.3 is 0 Å². The number of rotatable bonds is 7. The molecule has 2 aromatic rings. The Morgan fingerprint density at radius 2 is 1.74 bits per heavy atom. The number of carbonyl (C=O) groups is 1. The van der Waals surface area contributed by atoms with E-state index in [9.17, 15) is 13.2 Å². The number of nitrogens with one attached hydrogen (secondary N) is 2. The summed E-state index contributed by atoms with van der Waals surface area (Å²) in [5.74, 6) is 0.370. The largest absolute Gasteiger partial charge is 0.354 e. The van der Waals surface area contributed by atoms with Crippen LogP contribution in [-0.2, 0) is 10.0 Å². The maximum absolute atomic E-state index is 11.7. The first-order valence-electron chi connectivity index (χ1n) is 7.24. The van der Waals surface area contributed by atoms with Crippen molar-refractivity contribution < 1.29 is 13.2 Å². The summed E-state index contributed by atoms with van der Waals surface area (Å²) >= 11 is 0. The van der Waals surface area contributed by atoms with Gasteiger partial charge in [0.2, 0.25) is 10.0 Å². The molecular formula is C16H19N3O3S. The number of aromatic nitrogens is 1. The lowest BCUT2D eigenvalue weighted by Gasteiger charge is -2.09. The Morgan fingerprint density at radius 3 is 2.26 bits per heavy atom. The van der Waals surface area contributed by atoms with E-state index < -0.39 is 10.0 Å². The molecule has 2 N–H and O–H groups in total. The summed E-state index contributed by atoms with van der Waals surface area (Å²) in [6.45, 7) is 3.32. The van der Waals surface area contributed by atoms with Gasteiger partial charge in [-0.2, -0.15) is 0 Å². The smallest absolute Gasteiger partial charge is 0.233 e. The molecule has 0 bridgehead atoms. The summed E-state index contributed by atoms with van der Waals surface area (Å²) in [5.41, 5.74) is 2.18. The van der Waals surface area contributed by atoms with Crippen molar-refractivity contribution in [2.45, 2.75) is 20.3 Å². The standard InChI is InChI=1S/C16H19N3O3S/c1-3-10-23(21,22)19-16-9-8-15(11-17-16)18-14-6-4-13(5-7-14)12(2)20/h4-9,11,18H,3,10H2,1-2H3,(H,17,19). The van der Waals surface area contributed by atoms with E-state index in [1.54, 1.807) is 49.5 Å². The first-order valence-corrected chi connectivity index (χ1v) is 8.89. The molecule has 0 fully saturated rings. The number of hydrogen-bond donors (Lipinski definition) is 2. The summed E-state index contributed by atoms with van der Waals surface area (Å²) in [6.07, 6.45) is 2.09. The second kappa shape index (κ2) is 7.23. The predicted octanol–water partition coefficient (Wildman–Crippen LogP) is 3.18. The fraction of sp³-hybridized carbons (Fsp3) is 0.250. The first-order chi connectivity index (χ1) is 10.9. The Bertz CT molecular complexity index is 769. The lowest BCUT2D eigenvalue weighted by Crippen LogP contribution is -2.16. The van der Waals surface area contributed by atoms with Crippen molar-refractivity contribution in [2.75, 3.05) is 15.8 Å². The zero-order valence-electron chi connectivity index (χ0n) is 13.0. The number of carbonyl (C=O) groups excluding carboxylic acids is 1. The van der Waals surface area contributed by atoms with Crippen LogP contribution < -0.4 is 10.0 Å². The number of anilines is 3. The minimum atomic E-state index is -3.33. The van der Waals surface area contributed by atoms with E-state index in [0.717, 1.165) is 11.4 Å². The molecule has 0 aliphatic heterocycles. The fourth-order valence-corrected chi connectivity index (χ4v) is 3.04. The van der Waals surface area contributed by atoms with Crippen LogP contribution >= 0.6 is 0 Å². The quantitative estimate of drug-likeness (QED) is 0.760. The van der Waals surface area contributed by atoms with Crippen molar-refractivity contribution in [3.63, 3.8) is 0 Å². The van der Waals surface area contributed by atoms with Gasteiger partial charge in [-0.3, -0.25) is 9.52 Å². The molecule has 1 aromatic carbocycles. The van der Waals surface area contributed by atoms with E-state index in [1.807, 2.05) is 0 Å². The molecular weight excluding hydrogens is 314 g/mol. The van der Waals surface area contributed by atoms with Gasteiger partial charge in [-0.05, 0) is 49.7 Å². The summed E-state index contributed by atoms with van der Waals surface area (Å²) in [4.78, 5) is 15.3. The second-order valence-electron chi connectivity index (χ2n) is 5.11. The number of sulfonamides is 1. The van der Waals surface area contributed by atoms with Crippen molar-refractivity contribution >= 4 is 33.0 Å². The Labute approximate surface area is 136 Å². The van der Waals surface area contributed by atoms with Crippen LogP contribution in [0, 0.1) is 0 Å². The van der Waals surface area contributed by atoms with Gasteiger partial charge in [-0.1, -0.05) is 6.92 Å². The van der Waals surface area contributed by atoms with Crippen LogP contribution in [0.25, 0.3) is 0 Å². The topological polar surface area (TPSA) is 88.2 Å². The highest BCUT2D eigenvalue weighted by Crippen LogP contribution is 2.18. The zero-order valence-corrected chi connectivity index (χ0v) is 13.9. The number of hydrogen-bond acceptors (Lipinski definition) is 5. The number of benzene rings is 1. The molecule has 0 aliphatic rings. The van der Waals surface area contributed by atoms with Gasteiger partial charge in [0.25, 0.3) is 0 Å². The van der Waals surface area contributed by atoms with Gasteiger partial charge in [0, 0.05) is 11.3 Å². The summed E-state index contributed by atoms with van der Waals surface area (Å²) in [6, 6.07) is 10.4. The van der Waals surface area contributed by atoms with Gasteiger partial charge in [0.15, 0.2) is 5.78 Å². The third-order valence-corrected chi connectivity index (χ3v) is 4.54. The van der Waals surface area contributed by atoms with Gasteiger partial charge in [-0.15, -0.1) is 0 Å². The molecule has 2 rings (SSSR count). The minimum Gasteiger partial charge on any atom is -0.354 e. The first kappa shape index (κ1) is 17.0. The van der Waals surface area contributed by atoms with E-state index in [-0.39, 0.29) is 17.4 Å². The van der Waals surface area contributed by atoms with Crippen LogP contribution in [0.15, 0.2) is 42.6 Å². The molecule has 0 atom stereocenters. The molecule has 0 saturated heterocycles. The van der Waals surface area contributed by atoms with Crippen LogP contribution in [0.3, 0.4) is 0 Å². The molecule has 0 saturated carbocycles. The Hall–Kier alpha value is -2.41. The fourth-order valence-electron chi connectivity index (χ4n) is 1.96. The van der Waals surface area contributed by atoms with Crippen LogP contribution in [0.5, 0.6) is 0 Å². The number of ketones is 1. The number of Topliss-reactive ketones (excluding diaryl/α,β-unsaturated/α-hetero) is 1. The zero-order chi connectivity index (χ0) is 16.9. The monoisotopic (exact) mass is 333 g/mol. The summed E-state index contributed by atoms with van der Waals surface area (Å²) in [7, 11) is -3.33. The van der Waals surface area contributed by atoms with Crippen molar-refractivity contribution in [3.05, 3.63) is 48.2 Å². The molecule has 23 heavy (non-hydrogen) atoms. The molecule has 122 valence electrons. The van der Waals surface area contributed by atoms with Crippen LogP contribution in [0.1, 0.15) is 30.6 Å². The maximum Gasteiger partial charge on any atom is 0.233 e. The Kier molecular flexibility index (Phi) is 5.33. The van der Waals surface area contributed by atoms with Gasteiger partial charge in [0.05, 0.1) is 17.6 Å². The third-order valence-electron chi connectivity index (χ3n) is 3.08. The molecule has 1 aromatic heterocycles. The van der Waals surface area contributed by atoms with Crippen molar-refractivity contribution in [3.8, 4) is 0 Å². The molecule has 0 amide bonds.